The van der Waals surface area contributed by atoms with Crippen molar-refractivity contribution >= 4 is 5.91 Å². The minimum absolute atomic E-state index is 0.0664. The summed E-state index contributed by atoms with van der Waals surface area (Å²) >= 11 is 0. The van der Waals surface area contributed by atoms with Crippen LogP contribution in [-0.2, 0) is 13.0 Å². The van der Waals surface area contributed by atoms with E-state index in [4.69, 9.17) is 4.74 Å². The van der Waals surface area contributed by atoms with Crippen molar-refractivity contribution in [2.75, 3.05) is 18.2 Å². The van der Waals surface area contributed by atoms with Crippen LogP contribution in [0.3, 0.4) is 0 Å². The smallest absolute Gasteiger partial charge is 0.278 e. The van der Waals surface area contributed by atoms with Gasteiger partial charge in [-0.3, -0.25) is 24.3 Å². The van der Waals surface area contributed by atoms with E-state index in [1.165, 1.54) is 6.07 Å². The number of allylic oxidation sites excluding steroid dienone is 1. The zero-order valence-corrected chi connectivity index (χ0v) is 20.9. The second-order valence-corrected chi connectivity index (χ2v) is 9.48. The minimum Gasteiger partial charge on any atom is -0.482 e. The van der Waals surface area contributed by atoms with Crippen LogP contribution in [0.1, 0.15) is 45.2 Å². The molecule has 1 unspecified atom stereocenters. The first kappa shape index (κ1) is 23.7. The summed E-state index contributed by atoms with van der Waals surface area (Å²) in [5.41, 5.74) is 4.19. The Morgan fingerprint density at radius 2 is 1.71 bits per heavy atom. The van der Waals surface area contributed by atoms with Gasteiger partial charge < -0.3 is 9.64 Å². The zero-order valence-electron chi connectivity index (χ0n) is 20.9. The minimum atomic E-state index is -0.317. The van der Waals surface area contributed by atoms with Crippen LogP contribution in [0.5, 0.6) is 5.75 Å². The van der Waals surface area contributed by atoms with Gasteiger partial charge in [-0.2, -0.15) is 0 Å². The van der Waals surface area contributed by atoms with Crippen LogP contribution < -0.4 is 15.2 Å². The van der Waals surface area contributed by atoms with Gasteiger partial charge in [0.15, 0.2) is 11.4 Å². The fraction of sp³-hybridized carbons (Fsp3) is 0.194. The van der Waals surface area contributed by atoms with Crippen LogP contribution in [-0.4, -0.2) is 33.7 Å². The maximum atomic E-state index is 13.9. The molecule has 2 aromatic heterocycles. The summed E-state index contributed by atoms with van der Waals surface area (Å²) in [6.07, 6.45) is 11.3. The average Bonchev–Trinajstić information content (AvgIpc) is 2.99. The molecule has 0 aliphatic carbocycles. The van der Waals surface area contributed by atoms with Crippen molar-refractivity contribution in [1.29, 1.82) is 0 Å². The molecular weight excluding hydrogens is 476 g/mol. The van der Waals surface area contributed by atoms with Gasteiger partial charge in [0, 0.05) is 31.2 Å². The number of ether oxygens (including phenoxy) is 1. The number of rotatable bonds is 4. The summed E-state index contributed by atoms with van der Waals surface area (Å²) in [5, 5.41) is 2.14. The number of benzene rings is 2. The monoisotopic (exact) mass is 504 g/mol. The first-order valence-electron chi connectivity index (χ1n) is 12.8. The fourth-order valence-electron chi connectivity index (χ4n) is 5.21. The highest BCUT2D eigenvalue weighted by Gasteiger charge is 2.37. The van der Waals surface area contributed by atoms with Gasteiger partial charge in [0.25, 0.3) is 5.91 Å². The lowest BCUT2D eigenvalue weighted by Crippen LogP contribution is -2.55. The molecule has 2 aliphatic heterocycles. The third-order valence-electron chi connectivity index (χ3n) is 7.07. The van der Waals surface area contributed by atoms with Crippen LogP contribution in [0, 0.1) is 0 Å². The lowest BCUT2D eigenvalue weighted by molar-refractivity contribution is 0.0698. The first-order chi connectivity index (χ1) is 18.7. The SMILES string of the molecule is O=C1c2c(OCc3ccccc3)c(=O)ccn2N2CN1C/C=C\CCc1cnccc1C2c1ccccc1. The summed E-state index contributed by atoms with van der Waals surface area (Å²) < 4.78 is 7.89. The van der Waals surface area contributed by atoms with E-state index >= 15 is 0 Å². The molecule has 4 aromatic rings. The van der Waals surface area contributed by atoms with Crippen molar-refractivity contribution in [2.45, 2.75) is 25.5 Å². The summed E-state index contributed by atoms with van der Waals surface area (Å²) in [4.78, 5) is 33.2. The molecule has 4 heterocycles. The van der Waals surface area contributed by atoms with Gasteiger partial charge in [-0.1, -0.05) is 72.8 Å². The van der Waals surface area contributed by atoms with E-state index in [1.54, 1.807) is 11.1 Å². The van der Waals surface area contributed by atoms with Crippen molar-refractivity contribution in [3.8, 4) is 5.75 Å². The molecule has 190 valence electrons. The Labute approximate surface area is 221 Å². The van der Waals surface area contributed by atoms with E-state index in [2.05, 4.69) is 34.3 Å². The number of hydrogen-bond acceptors (Lipinski definition) is 5. The maximum Gasteiger partial charge on any atom is 0.278 e. The molecule has 0 saturated heterocycles. The summed E-state index contributed by atoms with van der Waals surface area (Å²) in [6, 6.07) is 23.2. The van der Waals surface area contributed by atoms with Crippen molar-refractivity contribution in [1.82, 2.24) is 14.6 Å². The molecule has 7 heteroatoms. The predicted molar refractivity (Wildman–Crippen MR) is 146 cm³/mol. The molecular formula is C31H28N4O3. The fourth-order valence-corrected chi connectivity index (χ4v) is 5.21. The number of aromatic nitrogens is 2. The van der Waals surface area contributed by atoms with Gasteiger partial charge in [0.1, 0.15) is 13.3 Å². The van der Waals surface area contributed by atoms with E-state index < -0.39 is 0 Å². The third-order valence-corrected chi connectivity index (χ3v) is 7.07. The Hall–Kier alpha value is -4.65. The molecule has 1 atom stereocenters. The zero-order chi connectivity index (χ0) is 25.9. The molecule has 1 amide bonds. The Morgan fingerprint density at radius 1 is 0.921 bits per heavy atom. The van der Waals surface area contributed by atoms with Crippen molar-refractivity contribution in [3.05, 3.63) is 142 Å². The average molecular weight is 505 g/mol. The molecule has 0 spiro atoms. The van der Waals surface area contributed by atoms with Crippen LogP contribution in [0.2, 0.25) is 0 Å². The van der Waals surface area contributed by atoms with Gasteiger partial charge in [0.2, 0.25) is 5.43 Å². The summed E-state index contributed by atoms with van der Waals surface area (Å²) in [5.74, 6) is -0.163. The molecule has 38 heavy (non-hydrogen) atoms. The number of hydrogen-bond donors (Lipinski definition) is 0. The van der Waals surface area contributed by atoms with Crippen molar-refractivity contribution in [2.24, 2.45) is 0 Å². The number of carbonyl (C=O) groups is 1. The quantitative estimate of drug-likeness (QED) is 0.384. The van der Waals surface area contributed by atoms with E-state index in [9.17, 15) is 9.59 Å². The highest BCUT2D eigenvalue weighted by Crippen LogP contribution is 2.34. The number of pyridine rings is 2. The molecule has 6 rings (SSSR count). The largest absolute Gasteiger partial charge is 0.482 e. The Balaban J connectivity index is 1.54. The molecule has 0 N–H and O–H groups in total. The highest BCUT2D eigenvalue weighted by atomic mass is 16.5. The number of aryl methyl sites for hydroxylation is 1. The summed E-state index contributed by atoms with van der Waals surface area (Å²) in [6.45, 7) is 0.974. The number of carbonyl (C=O) groups excluding carboxylic acids is 1. The molecule has 0 radical (unpaired) electrons. The topological polar surface area (TPSA) is 67.7 Å². The third kappa shape index (κ3) is 4.47. The molecule has 2 aromatic carbocycles. The molecule has 2 aliphatic rings. The molecule has 0 fully saturated rings. The second-order valence-electron chi connectivity index (χ2n) is 9.48. The Morgan fingerprint density at radius 3 is 2.53 bits per heavy atom. The molecule has 7 nitrogen and oxygen atoms in total. The first-order valence-corrected chi connectivity index (χ1v) is 12.8. The predicted octanol–water partition coefficient (Wildman–Crippen LogP) is 4.47. The summed E-state index contributed by atoms with van der Waals surface area (Å²) in [7, 11) is 0. The lowest BCUT2D eigenvalue weighted by atomic mass is 9.93. The number of fused-ring (bicyclic) bond motifs is 5. The van der Waals surface area contributed by atoms with Crippen molar-refractivity contribution < 1.29 is 9.53 Å². The van der Waals surface area contributed by atoms with E-state index in [0.29, 0.717) is 13.2 Å². The van der Waals surface area contributed by atoms with E-state index in [1.807, 2.05) is 71.7 Å². The molecule has 2 bridgehead atoms. The Kier molecular flexibility index (Phi) is 6.48. The van der Waals surface area contributed by atoms with Gasteiger partial charge in [-0.05, 0) is 41.2 Å². The Bertz CT molecular complexity index is 1530. The van der Waals surface area contributed by atoms with E-state index in [0.717, 1.165) is 35.1 Å². The second kappa shape index (κ2) is 10.4. The molecule has 0 saturated carbocycles. The van der Waals surface area contributed by atoms with Crippen LogP contribution >= 0.6 is 0 Å². The highest BCUT2D eigenvalue weighted by molar-refractivity contribution is 5.96. The van der Waals surface area contributed by atoms with Gasteiger partial charge in [-0.25, -0.2) is 0 Å². The number of nitrogens with zero attached hydrogens (tertiary/aromatic N) is 4. The van der Waals surface area contributed by atoms with Gasteiger partial charge in [-0.15, -0.1) is 0 Å². The van der Waals surface area contributed by atoms with Crippen LogP contribution in [0.25, 0.3) is 0 Å². The van der Waals surface area contributed by atoms with Crippen LogP contribution in [0.4, 0.5) is 0 Å². The van der Waals surface area contributed by atoms with Gasteiger partial charge in [0.05, 0.1) is 6.04 Å². The van der Waals surface area contributed by atoms with Gasteiger partial charge >= 0.3 is 0 Å². The standard InChI is InChI=1S/C31H28N4O3/c36-27-16-19-34-29(30(27)38-21-23-10-4-1-5-11-23)31(37)33-18-9-3-8-14-25-20-32-17-15-26(25)28(35(34)22-33)24-12-6-2-7-13-24/h1-7,9-13,15-17,19-20,28H,8,14,18,21-22H2/b9-3-. The normalized spacial score (nSPS) is 17.7. The van der Waals surface area contributed by atoms with Crippen LogP contribution in [0.15, 0.2) is 108 Å². The lowest BCUT2D eigenvalue weighted by Gasteiger charge is -2.44. The van der Waals surface area contributed by atoms with Crippen molar-refractivity contribution in [3.63, 3.8) is 0 Å². The van der Waals surface area contributed by atoms with E-state index in [-0.39, 0.29) is 35.4 Å². The number of amides is 1. The maximum absolute atomic E-state index is 13.9.